The molecule has 0 aliphatic carbocycles. The second-order valence-electron chi connectivity index (χ2n) is 7.90. The lowest BCUT2D eigenvalue weighted by molar-refractivity contribution is 0.643. The number of benzene rings is 1. The maximum absolute atomic E-state index is 15.9. The Hall–Kier alpha value is -4.11. The first-order valence-electron chi connectivity index (χ1n) is 10.3. The van der Waals surface area contributed by atoms with Gasteiger partial charge in [-0.15, -0.1) is 0 Å². The van der Waals surface area contributed by atoms with E-state index in [9.17, 15) is 0 Å². The third-order valence-electron chi connectivity index (χ3n) is 5.67. The molecule has 7 nitrogen and oxygen atoms in total. The SMILES string of the molecule is CN(C)c1cncc(-c2ccc3[nH]nc(-c4nc5nccc(-c6ccsc6)c5[nH]4)c3c2F)c1. The average Bonchev–Trinajstić information content (AvgIpc) is 3.58. The van der Waals surface area contributed by atoms with Gasteiger partial charge in [0.1, 0.15) is 11.5 Å². The van der Waals surface area contributed by atoms with E-state index in [1.807, 2.05) is 48.6 Å². The molecule has 0 radical (unpaired) electrons. The topological polar surface area (TPSA) is 86.4 Å². The second kappa shape index (κ2) is 7.49. The Bertz CT molecular complexity index is 1620. The van der Waals surface area contributed by atoms with Crippen molar-refractivity contribution in [3.05, 3.63) is 65.5 Å². The molecule has 0 spiro atoms. The number of hydrogen-bond acceptors (Lipinski definition) is 6. The highest BCUT2D eigenvalue weighted by molar-refractivity contribution is 7.08. The Labute approximate surface area is 192 Å². The predicted octanol–water partition coefficient (Wildman–Crippen LogP) is 5.50. The Morgan fingerprint density at radius 1 is 1.03 bits per heavy atom. The number of anilines is 1. The van der Waals surface area contributed by atoms with Gasteiger partial charge >= 0.3 is 0 Å². The number of hydrogen-bond donors (Lipinski definition) is 2. The highest BCUT2D eigenvalue weighted by Gasteiger charge is 2.20. The van der Waals surface area contributed by atoms with E-state index in [0.717, 1.165) is 22.3 Å². The van der Waals surface area contributed by atoms with E-state index >= 15 is 4.39 Å². The van der Waals surface area contributed by atoms with Crippen LogP contribution < -0.4 is 4.90 Å². The summed E-state index contributed by atoms with van der Waals surface area (Å²) in [4.78, 5) is 18.5. The molecule has 0 aliphatic heterocycles. The number of aromatic nitrogens is 6. The summed E-state index contributed by atoms with van der Waals surface area (Å²) in [5.74, 6) is 0.0862. The van der Waals surface area contributed by atoms with E-state index in [0.29, 0.717) is 39.2 Å². The minimum absolute atomic E-state index is 0.374. The summed E-state index contributed by atoms with van der Waals surface area (Å²) in [7, 11) is 3.85. The van der Waals surface area contributed by atoms with E-state index in [-0.39, 0.29) is 5.82 Å². The lowest BCUT2D eigenvalue weighted by atomic mass is 10.0. The van der Waals surface area contributed by atoms with Gasteiger partial charge in [-0.1, -0.05) is 0 Å². The van der Waals surface area contributed by atoms with Gasteiger partial charge in [-0.3, -0.25) is 10.1 Å². The fraction of sp³-hybridized carbons (Fsp3) is 0.0833. The van der Waals surface area contributed by atoms with Crippen molar-refractivity contribution in [2.45, 2.75) is 0 Å². The fourth-order valence-electron chi connectivity index (χ4n) is 3.97. The molecular weight excluding hydrogens is 437 g/mol. The van der Waals surface area contributed by atoms with Crippen molar-refractivity contribution in [2.24, 2.45) is 0 Å². The normalized spacial score (nSPS) is 11.5. The maximum Gasteiger partial charge on any atom is 0.178 e. The number of thiophene rings is 1. The first-order valence-corrected chi connectivity index (χ1v) is 11.2. The molecule has 5 heterocycles. The number of fused-ring (bicyclic) bond motifs is 2. The molecule has 0 fully saturated rings. The van der Waals surface area contributed by atoms with Gasteiger partial charge in [-0.25, -0.2) is 14.4 Å². The van der Waals surface area contributed by atoms with Gasteiger partial charge in [0.25, 0.3) is 0 Å². The van der Waals surface area contributed by atoms with Crippen LogP contribution in [0, 0.1) is 5.82 Å². The van der Waals surface area contributed by atoms with Crippen molar-refractivity contribution in [1.82, 2.24) is 30.1 Å². The molecule has 0 unspecified atom stereocenters. The number of H-pyrrole nitrogens is 2. The van der Waals surface area contributed by atoms with Gasteiger partial charge in [0.05, 0.1) is 28.3 Å². The van der Waals surface area contributed by atoms with E-state index in [1.54, 1.807) is 36.0 Å². The van der Waals surface area contributed by atoms with Gasteiger partial charge in [-0.05, 0) is 46.7 Å². The molecular formula is C24H18FN7S. The summed E-state index contributed by atoms with van der Waals surface area (Å²) in [6, 6.07) is 9.47. The van der Waals surface area contributed by atoms with Crippen LogP contribution in [0.2, 0.25) is 0 Å². The monoisotopic (exact) mass is 455 g/mol. The molecule has 162 valence electrons. The highest BCUT2D eigenvalue weighted by Crippen LogP contribution is 2.35. The second-order valence-corrected chi connectivity index (χ2v) is 8.68. The van der Waals surface area contributed by atoms with Gasteiger partial charge in [0.15, 0.2) is 11.5 Å². The zero-order valence-corrected chi connectivity index (χ0v) is 18.6. The van der Waals surface area contributed by atoms with E-state index in [1.165, 1.54) is 0 Å². The summed E-state index contributed by atoms with van der Waals surface area (Å²) in [6.07, 6.45) is 5.14. The largest absolute Gasteiger partial charge is 0.376 e. The van der Waals surface area contributed by atoms with Crippen molar-refractivity contribution >= 4 is 39.1 Å². The highest BCUT2D eigenvalue weighted by atomic mass is 32.1. The van der Waals surface area contributed by atoms with E-state index in [2.05, 4.69) is 35.5 Å². The van der Waals surface area contributed by atoms with Gasteiger partial charge in [0, 0.05) is 43.2 Å². The van der Waals surface area contributed by atoms with Crippen LogP contribution in [0.25, 0.3) is 55.8 Å². The molecule has 0 atom stereocenters. The van der Waals surface area contributed by atoms with Crippen LogP contribution in [0.5, 0.6) is 0 Å². The molecule has 0 saturated heterocycles. The summed E-state index contributed by atoms with van der Waals surface area (Å²) in [5.41, 5.74) is 6.47. The Morgan fingerprint density at radius 3 is 2.76 bits per heavy atom. The molecule has 1 aromatic carbocycles. The molecule has 0 aliphatic rings. The number of pyridine rings is 2. The van der Waals surface area contributed by atoms with Crippen molar-refractivity contribution in [3.8, 4) is 33.8 Å². The fourth-order valence-corrected chi connectivity index (χ4v) is 4.62. The standard InChI is InChI=1S/C24H18FN7S/c1-32(2)15-9-14(10-26-11-15)16-3-4-18-19(20(16)25)22(31-30-18)24-28-21-17(13-6-8-33-12-13)5-7-27-23(21)29-24/h3-12H,1-2H3,(H,30,31)(H,27,28,29). The Balaban J connectivity index is 1.53. The number of imidazole rings is 1. The minimum atomic E-state index is -0.375. The van der Waals surface area contributed by atoms with Crippen LogP contribution in [-0.4, -0.2) is 44.2 Å². The van der Waals surface area contributed by atoms with Crippen LogP contribution in [0.4, 0.5) is 10.1 Å². The summed E-state index contributed by atoms with van der Waals surface area (Å²) in [6.45, 7) is 0. The van der Waals surface area contributed by atoms with Crippen molar-refractivity contribution in [3.63, 3.8) is 0 Å². The quantitative estimate of drug-likeness (QED) is 0.367. The zero-order chi connectivity index (χ0) is 22.5. The molecule has 6 rings (SSSR count). The van der Waals surface area contributed by atoms with Crippen LogP contribution in [0.3, 0.4) is 0 Å². The van der Waals surface area contributed by atoms with Gasteiger partial charge in [0.2, 0.25) is 0 Å². The third kappa shape index (κ3) is 3.16. The molecule has 33 heavy (non-hydrogen) atoms. The Morgan fingerprint density at radius 2 is 1.94 bits per heavy atom. The van der Waals surface area contributed by atoms with Crippen LogP contribution >= 0.6 is 11.3 Å². The molecule has 5 aromatic heterocycles. The van der Waals surface area contributed by atoms with Crippen LogP contribution in [0.15, 0.2) is 59.7 Å². The Kier molecular flexibility index (Phi) is 4.44. The summed E-state index contributed by atoms with van der Waals surface area (Å²) >= 11 is 1.62. The summed E-state index contributed by atoms with van der Waals surface area (Å²) in [5, 5.41) is 11.8. The van der Waals surface area contributed by atoms with Gasteiger partial charge in [-0.2, -0.15) is 16.4 Å². The molecule has 2 N–H and O–H groups in total. The van der Waals surface area contributed by atoms with Crippen molar-refractivity contribution in [2.75, 3.05) is 19.0 Å². The lowest BCUT2D eigenvalue weighted by Crippen LogP contribution is -2.08. The smallest absolute Gasteiger partial charge is 0.178 e. The number of rotatable bonds is 4. The number of nitrogens with zero attached hydrogens (tertiary/aromatic N) is 5. The zero-order valence-electron chi connectivity index (χ0n) is 17.8. The average molecular weight is 456 g/mol. The van der Waals surface area contributed by atoms with Crippen molar-refractivity contribution < 1.29 is 4.39 Å². The number of aromatic amines is 2. The third-order valence-corrected chi connectivity index (χ3v) is 6.35. The number of halogens is 1. The number of nitrogens with one attached hydrogen (secondary N) is 2. The summed E-state index contributed by atoms with van der Waals surface area (Å²) < 4.78 is 15.9. The van der Waals surface area contributed by atoms with Crippen LogP contribution in [0.1, 0.15) is 0 Å². The minimum Gasteiger partial charge on any atom is -0.376 e. The van der Waals surface area contributed by atoms with Crippen molar-refractivity contribution in [1.29, 1.82) is 0 Å². The maximum atomic E-state index is 15.9. The predicted molar refractivity (Wildman–Crippen MR) is 130 cm³/mol. The van der Waals surface area contributed by atoms with Gasteiger partial charge < -0.3 is 9.88 Å². The molecule has 0 amide bonds. The van der Waals surface area contributed by atoms with E-state index in [4.69, 9.17) is 0 Å². The molecule has 0 bridgehead atoms. The first kappa shape index (κ1) is 19.6. The molecule has 9 heteroatoms. The molecule has 0 saturated carbocycles. The van der Waals surface area contributed by atoms with E-state index < -0.39 is 0 Å². The molecule has 6 aromatic rings. The first-order chi connectivity index (χ1) is 16.1. The van der Waals surface area contributed by atoms with Crippen LogP contribution in [-0.2, 0) is 0 Å². The lowest BCUT2D eigenvalue weighted by Gasteiger charge is -2.13.